The van der Waals surface area contributed by atoms with Gasteiger partial charge in [0.2, 0.25) is 0 Å². The molecule has 84 valence electrons. The van der Waals surface area contributed by atoms with Crippen LogP contribution in [-0.4, -0.2) is 37.1 Å². The number of methoxy groups -OCH3 is 1. The summed E-state index contributed by atoms with van der Waals surface area (Å²) in [5, 5.41) is 0. The molecule has 0 aliphatic rings. The molecule has 1 rings (SSSR count). The van der Waals surface area contributed by atoms with E-state index < -0.39 is 0 Å². The number of rotatable bonds is 5. The average Bonchev–Trinajstić information content (AvgIpc) is 2.18. The van der Waals surface area contributed by atoms with Gasteiger partial charge in [-0.05, 0) is 12.1 Å². The van der Waals surface area contributed by atoms with Crippen molar-refractivity contribution in [2.45, 2.75) is 4.83 Å². The van der Waals surface area contributed by atoms with Gasteiger partial charge >= 0.3 is 0 Å². The summed E-state index contributed by atoms with van der Waals surface area (Å²) < 4.78 is 18.3. The van der Waals surface area contributed by atoms with Gasteiger partial charge in [-0.2, -0.15) is 0 Å². The Balaban J connectivity index is 2.61. The molecule has 1 aromatic heterocycles. The highest BCUT2D eigenvalue weighted by molar-refractivity contribution is 9.09. The molecule has 1 atom stereocenters. The Labute approximate surface area is 97.4 Å². The molecule has 1 heterocycles. The Bertz CT molecular complexity index is 311. The molecule has 0 fully saturated rings. The molecule has 0 bridgehead atoms. The van der Waals surface area contributed by atoms with Gasteiger partial charge in [0.25, 0.3) is 0 Å². The Morgan fingerprint density at radius 2 is 2.40 bits per heavy atom. The fourth-order valence-electron chi connectivity index (χ4n) is 1.28. The van der Waals surface area contributed by atoms with Crippen LogP contribution in [0.25, 0.3) is 0 Å². The van der Waals surface area contributed by atoms with E-state index in [4.69, 9.17) is 4.74 Å². The predicted molar refractivity (Wildman–Crippen MR) is 62.1 cm³/mol. The minimum atomic E-state index is -0.308. The smallest absolute Gasteiger partial charge is 0.165 e. The number of alkyl halides is 1. The van der Waals surface area contributed by atoms with Gasteiger partial charge in [-0.15, -0.1) is 0 Å². The van der Waals surface area contributed by atoms with Crippen LogP contribution in [0.4, 0.5) is 10.2 Å². The van der Waals surface area contributed by atoms with Crippen molar-refractivity contribution in [2.24, 2.45) is 0 Å². The van der Waals surface area contributed by atoms with Crippen LogP contribution < -0.4 is 4.90 Å². The monoisotopic (exact) mass is 276 g/mol. The molecule has 0 amide bonds. The minimum absolute atomic E-state index is 0.161. The van der Waals surface area contributed by atoms with Gasteiger partial charge in [-0.3, -0.25) is 0 Å². The lowest BCUT2D eigenvalue weighted by Crippen LogP contribution is -2.29. The topological polar surface area (TPSA) is 25.4 Å². The molecule has 0 saturated heterocycles. The van der Waals surface area contributed by atoms with Crippen molar-refractivity contribution in [1.82, 2.24) is 4.98 Å². The van der Waals surface area contributed by atoms with Crippen molar-refractivity contribution in [3.05, 3.63) is 24.1 Å². The lowest BCUT2D eigenvalue weighted by Gasteiger charge is -2.21. The van der Waals surface area contributed by atoms with E-state index >= 15 is 0 Å². The number of nitrogens with zero attached hydrogens (tertiary/aromatic N) is 2. The van der Waals surface area contributed by atoms with Crippen molar-refractivity contribution >= 4 is 21.7 Å². The number of hydrogen-bond acceptors (Lipinski definition) is 3. The fourth-order valence-corrected chi connectivity index (χ4v) is 1.97. The first-order chi connectivity index (χ1) is 7.15. The second kappa shape index (κ2) is 6.02. The molecule has 3 nitrogen and oxygen atoms in total. The largest absolute Gasteiger partial charge is 0.383 e. The molecule has 0 spiro atoms. The Morgan fingerprint density at radius 3 is 3.00 bits per heavy atom. The normalized spacial score (nSPS) is 12.5. The maximum Gasteiger partial charge on any atom is 0.165 e. The minimum Gasteiger partial charge on any atom is -0.383 e. The van der Waals surface area contributed by atoms with Gasteiger partial charge in [0.05, 0.1) is 11.4 Å². The molecule has 0 aliphatic carbocycles. The van der Waals surface area contributed by atoms with Crippen LogP contribution in [0.15, 0.2) is 18.3 Å². The second-order valence-corrected chi connectivity index (χ2v) is 4.54. The summed E-state index contributed by atoms with van der Waals surface area (Å²) >= 11 is 3.44. The van der Waals surface area contributed by atoms with Crippen LogP contribution in [0.5, 0.6) is 0 Å². The number of ether oxygens (including phenoxy) is 1. The highest BCUT2D eigenvalue weighted by Crippen LogP contribution is 2.15. The quantitative estimate of drug-likeness (QED) is 0.770. The maximum atomic E-state index is 13.3. The molecule has 1 unspecified atom stereocenters. The lowest BCUT2D eigenvalue weighted by atomic mass is 10.3. The van der Waals surface area contributed by atoms with E-state index in [-0.39, 0.29) is 10.6 Å². The van der Waals surface area contributed by atoms with Crippen molar-refractivity contribution in [3.8, 4) is 0 Å². The summed E-state index contributed by atoms with van der Waals surface area (Å²) in [6.45, 7) is 1.22. The molecule has 0 aromatic carbocycles. The summed E-state index contributed by atoms with van der Waals surface area (Å²) in [6, 6.07) is 2.98. The Hall–Kier alpha value is -0.680. The van der Waals surface area contributed by atoms with Crippen molar-refractivity contribution in [2.75, 3.05) is 32.2 Å². The summed E-state index contributed by atoms with van der Waals surface area (Å²) in [6.07, 6.45) is 1.58. The van der Waals surface area contributed by atoms with Gasteiger partial charge in [0.15, 0.2) is 11.6 Å². The highest BCUT2D eigenvalue weighted by atomic mass is 79.9. The number of halogens is 2. The zero-order valence-electron chi connectivity index (χ0n) is 8.78. The Kier molecular flexibility index (Phi) is 4.98. The highest BCUT2D eigenvalue weighted by Gasteiger charge is 2.12. The molecule has 0 N–H and O–H groups in total. The van der Waals surface area contributed by atoms with E-state index in [1.807, 2.05) is 0 Å². The maximum absolute atomic E-state index is 13.3. The first-order valence-corrected chi connectivity index (χ1v) is 5.51. The number of hydrogen-bond donors (Lipinski definition) is 0. The number of aromatic nitrogens is 1. The number of anilines is 1. The Morgan fingerprint density at radius 1 is 1.67 bits per heavy atom. The van der Waals surface area contributed by atoms with E-state index in [1.165, 1.54) is 6.07 Å². The third kappa shape index (κ3) is 3.76. The van der Waals surface area contributed by atoms with Gasteiger partial charge in [-0.25, -0.2) is 9.37 Å². The number of pyridine rings is 1. The van der Waals surface area contributed by atoms with Crippen LogP contribution in [-0.2, 0) is 4.74 Å². The molecular formula is C10H14BrFN2O. The molecule has 15 heavy (non-hydrogen) atoms. The predicted octanol–water partition coefficient (Wildman–Crippen LogP) is 2.07. The van der Waals surface area contributed by atoms with Crippen LogP contribution in [0.3, 0.4) is 0 Å². The van der Waals surface area contributed by atoms with Crippen molar-refractivity contribution in [1.29, 1.82) is 0 Å². The standard InChI is InChI=1S/C10H14BrFN2O/c1-14(6-8(11)7-15-2)10-9(12)4-3-5-13-10/h3-5,8H,6-7H2,1-2H3. The van der Waals surface area contributed by atoms with E-state index in [0.29, 0.717) is 19.0 Å². The fraction of sp³-hybridized carbons (Fsp3) is 0.500. The van der Waals surface area contributed by atoms with Gasteiger partial charge in [-0.1, -0.05) is 15.9 Å². The molecule has 0 saturated carbocycles. The third-order valence-corrected chi connectivity index (χ3v) is 2.47. The van der Waals surface area contributed by atoms with Gasteiger partial charge in [0, 0.05) is 26.9 Å². The molecule has 1 aromatic rings. The van der Waals surface area contributed by atoms with Gasteiger partial charge < -0.3 is 9.64 Å². The zero-order valence-corrected chi connectivity index (χ0v) is 10.4. The SMILES string of the molecule is COCC(Br)CN(C)c1ncccc1F. The first kappa shape index (κ1) is 12.4. The second-order valence-electron chi connectivity index (χ2n) is 3.24. The molecule has 5 heteroatoms. The van der Waals surface area contributed by atoms with E-state index in [2.05, 4.69) is 20.9 Å². The summed E-state index contributed by atoms with van der Waals surface area (Å²) in [5.41, 5.74) is 0. The van der Waals surface area contributed by atoms with Crippen molar-refractivity contribution < 1.29 is 9.13 Å². The van der Waals surface area contributed by atoms with Crippen LogP contribution in [0.1, 0.15) is 0 Å². The van der Waals surface area contributed by atoms with Crippen molar-refractivity contribution in [3.63, 3.8) is 0 Å². The molecule has 0 radical (unpaired) electrons. The average molecular weight is 277 g/mol. The lowest BCUT2D eigenvalue weighted by molar-refractivity contribution is 0.201. The van der Waals surface area contributed by atoms with E-state index in [1.54, 1.807) is 31.3 Å². The van der Waals surface area contributed by atoms with Crippen LogP contribution in [0.2, 0.25) is 0 Å². The van der Waals surface area contributed by atoms with Crippen LogP contribution >= 0.6 is 15.9 Å². The summed E-state index contributed by atoms with van der Waals surface area (Å²) in [5.74, 6) is 0.0511. The third-order valence-electron chi connectivity index (χ3n) is 1.92. The molecular weight excluding hydrogens is 263 g/mol. The summed E-state index contributed by atoms with van der Waals surface area (Å²) in [7, 11) is 3.44. The van der Waals surface area contributed by atoms with Gasteiger partial charge in [0.1, 0.15) is 0 Å². The molecule has 0 aliphatic heterocycles. The zero-order chi connectivity index (χ0) is 11.3. The van der Waals surface area contributed by atoms with E-state index in [9.17, 15) is 4.39 Å². The summed E-state index contributed by atoms with van der Waals surface area (Å²) in [4.78, 5) is 5.90. The van der Waals surface area contributed by atoms with Crippen LogP contribution in [0, 0.1) is 5.82 Å². The van der Waals surface area contributed by atoms with E-state index in [0.717, 1.165) is 0 Å². The first-order valence-electron chi connectivity index (χ1n) is 4.59.